The van der Waals surface area contributed by atoms with Crippen LogP contribution in [-0.4, -0.2) is 49.3 Å². The number of esters is 1. The van der Waals surface area contributed by atoms with Gasteiger partial charge in [0.25, 0.3) is 0 Å². The molecule has 0 saturated carbocycles. The Kier molecular flexibility index (Phi) is 12.6. The first-order valence-electron chi connectivity index (χ1n) is 14.6. The quantitative estimate of drug-likeness (QED) is 0.0942. The van der Waals surface area contributed by atoms with E-state index in [1.807, 2.05) is 86.6 Å². The molecular weight excluding hydrogens is 628 g/mol. The van der Waals surface area contributed by atoms with Crippen LogP contribution in [0.4, 0.5) is 0 Å². The van der Waals surface area contributed by atoms with Gasteiger partial charge < -0.3 is 9.47 Å². The molecule has 0 saturated heterocycles. The molecule has 0 radical (unpaired) electrons. The Balaban J connectivity index is 1.53. The van der Waals surface area contributed by atoms with E-state index >= 15 is 0 Å². The van der Waals surface area contributed by atoms with E-state index in [1.165, 1.54) is 0 Å². The molecule has 0 spiro atoms. The zero-order valence-electron chi connectivity index (χ0n) is 25.2. The molecule has 234 valence electrons. The smallest absolute Gasteiger partial charge is 0.316 e. The van der Waals surface area contributed by atoms with Crippen LogP contribution in [0.15, 0.2) is 90.0 Å². The number of thioether (sulfide) groups is 1. The Labute approximate surface area is 274 Å². The maximum absolute atomic E-state index is 13.1. The van der Waals surface area contributed by atoms with Crippen LogP contribution < -0.4 is 0 Å². The summed E-state index contributed by atoms with van der Waals surface area (Å²) in [6.07, 6.45) is 0.261. The van der Waals surface area contributed by atoms with E-state index in [2.05, 4.69) is 6.07 Å². The Bertz CT molecular complexity index is 1720. The van der Waals surface area contributed by atoms with Gasteiger partial charge in [-0.1, -0.05) is 109 Å². The van der Waals surface area contributed by atoms with Crippen LogP contribution in [0.25, 0.3) is 22.4 Å². The molecule has 7 nitrogen and oxygen atoms in total. The number of pyridine rings is 1. The SMILES string of the molecule is CCCCS(=O)(=O)CC(COCc1ccc(Cl)cc1)OC(=O)CSc1nc(-c2ccc(C)cc2)cc(-c2ccccc2)c1C#N. The van der Waals surface area contributed by atoms with Gasteiger partial charge in [0.05, 0.1) is 41.7 Å². The third-order valence-electron chi connectivity index (χ3n) is 6.89. The normalized spacial score (nSPS) is 12.0. The second kappa shape index (κ2) is 16.6. The Morgan fingerprint density at radius 2 is 1.73 bits per heavy atom. The fourth-order valence-electron chi connectivity index (χ4n) is 4.53. The monoisotopic (exact) mass is 662 g/mol. The molecule has 1 heterocycles. The van der Waals surface area contributed by atoms with Crippen LogP contribution in [0, 0.1) is 18.3 Å². The summed E-state index contributed by atoms with van der Waals surface area (Å²) in [6.45, 7) is 4.04. The molecule has 1 aromatic heterocycles. The van der Waals surface area contributed by atoms with Crippen molar-refractivity contribution in [1.29, 1.82) is 5.26 Å². The number of unbranched alkanes of at least 4 members (excludes halogenated alkanes) is 1. The number of sulfone groups is 1. The van der Waals surface area contributed by atoms with Crippen LogP contribution in [-0.2, 0) is 30.7 Å². The number of benzene rings is 3. The van der Waals surface area contributed by atoms with Crippen molar-refractivity contribution in [3.05, 3.63) is 107 Å². The highest BCUT2D eigenvalue weighted by atomic mass is 35.5. The molecule has 0 fully saturated rings. The van der Waals surface area contributed by atoms with Gasteiger partial charge in [-0.05, 0) is 42.7 Å². The third-order valence-corrected chi connectivity index (χ3v) is 9.88. The molecule has 0 bridgehead atoms. The minimum absolute atomic E-state index is 0.00694. The highest BCUT2D eigenvalue weighted by molar-refractivity contribution is 8.00. The summed E-state index contributed by atoms with van der Waals surface area (Å²) in [5.41, 5.74) is 5.41. The lowest BCUT2D eigenvalue weighted by atomic mass is 9.99. The predicted octanol–water partition coefficient (Wildman–Crippen LogP) is 7.68. The van der Waals surface area contributed by atoms with Gasteiger partial charge in [-0.3, -0.25) is 4.79 Å². The van der Waals surface area contributed by atoms with Crippen molar-refractivity contribution in [3.8, 4) is 28.5 Å². The van der Waals surface area contributed by atoms with Crippen molar-refractivity contribution in [3.63, 3.8) is 0 Å². The van der Waals surface area contributed by atoms with E-state index in [-0.39, 0.29) is 30.5 Å². The van der Waals surface area contributed by atoms with E-state index in [0.29, 0.717) is 33.3 Å². The lowest BCUT2D eigenvalue weighted by molar-refractivity contribution is -0.147. The van der Waals surface area contributed by atoms with Crippen molar-refractivity contribution < 1.29 is 22.7 Å². The number of carbonyl (C=O) groups is 1. The molecule has 4 rings (SSSR count). The van der Waals surface area contributed by atoms with Gasteiger partial charge in [0.1, 0.15) is 17.2 Å². The summed E-state index contributed by atoms with van der Waals surface area (Å²) in [6, 6.07) is 28.7. The predicted molar refractivity (Wildman–Crippen MR) is 180 cm³/mol. The maximum Gasteiger partial charge on any atom is 0.316 e. The van der Waals surface area contributed by atoms with Crippen molar-refractivity contribution in [2.45, 2.75) is 44.4 Å². The number of aromatic nitrogens is 1. The topological polar surface area (TPSA) is 106 Å². The van der Waals surface area contributed by atoms with E-state index in [9.17, 15) is 18.5 Å². The first-order chi connectivity index (χ1) is 21.7. The van der Waals surface area contributed by atoms with Crippen LogP contribution in [0.1, 0.15) is 36.5 Å². The van der Waals surface area contributed by atoms with Crippen molar-refractivity contribution in [2.75, 3.05) is 23.9 Å². The molecule has 10 heteroatoms. The summed E-state index contributed by atoms with van der Waals surface area (Å²) in [5.74, 6) is -1.13. The molecule has 0 aliphatic heterocycles. The van der Waals surface area contributed by atoms with Gasteiger partial charge in [-0.15, -0.1) is 0 Å². The number of hydrogen-bond donors (Lipinski definition) is 0. The lowest BCUT2D eigenvalue weighted by Gasteiger charge is -2.19. The zero-order valence-corrected chi connectivity index (χ0v) is 27.6. The maximum atomic E-state index is 13.1. The van der Waals surface area contributed by atoms with Crippen LogP contribution >= 0.6 is 23.4 Å². The number of carbonyl (C=O) groups excluding carboxylic acids is 1. The average Bonchev–Trinajstić information content (AvgIpc) is 3.04. The minimum Gasteiger partial charge on any atom is -0.458 e. The summed E-state index contributed by atoms with van der Waals surface area (Å²) < 4.78 is 37.0. The molecule has 0 aliphatic carbocycles. The number of aryl methyl sites for hydroxylation is 1. The largest absolute Gasteiger partial charge is 0.458 e. The highest BCUT2D eigenvalue weighted by Gasteiger charge is 2.24. The fraction of sp³-hybridized carbons (Fsp3) is 0.286. The number of nitriles is 1. The van der Waals surface area contributed by atoms with Crippen LogP contribution in [0.5, 0.6) is 0 Å². The standard InChI is InChI=1S/C35H35ClN2O5S2/c1-3-4-18-45(40,41)24-30(22-42-21-26-12-16-29(36)17-13-26)43-34(39)23-44-35-32(20-37)31(27-8-6-5-7-9-27)19-33(38-35)28-14-10-25(2)11-15-28/h5-17,19,30H,3-4,18,21-24H2,1-2H3. The molecular formula is C35H35ClN2O5S2. The zero-order chi connectivity index (χ0) is 32.2. The molecule has 0 amide bonds. The summed E-state index contributed by atoms with van der Waals surface area (Å²) >= 11 is 7.04. The molecule has 3 aromatic carbocycles. The lowest BCUT2D eigenvalue weighted by Crippen LogP contribution is -2.32. The Morgan fingerprint density at radius 3 is 2.40 bits per heavy atom. The van der Waals surface area contributed by atoms with Gasteiger partial charge >= 0.3 is 5.97 Å². The number of rotatable bonds is 15. The van der Waals surface area contributed by atoms with Gasteiger partial charge in [0, 0.05) is 16.1 Å². The highest BCUT2D eigenvalue weighted by Crippen LogP contribution is 2.34. The van der Waals surface area contributed by atoms with E-state index in [0.717, 1.165) is 40.4 Å². The second-order valence-corrected chi connectivity index (χ2v) is 14.2. The van der Waals surface area contributed by atoms with Gasteiger partial charge in [-0.2, -0.15) is 5.26 Å². The van der Waals surface area contributed by atoms with Gasteiger partial charge in [-0.25, -0.2) is 13.4 Å². The van der Waals surface area contributed by atoms with Gasteiger partial charge in [0.15, 0.2) is 9.84 Å². The van der Waals surface area contributed by atoms with Crippen LogP contribution in [0.2, 0.25) is 5.02 Å². The van der Waals surface area contributed by atoms with E-state index < -0.39 is 21.9 Å². The van der Waals surface area contributed by atoms with Crippen LogP contribution in [0.3, 0.4) is 0 Å². The van der Waals surface area contributed by atoms with Crippen molar-refractivity contribution in [1.82, 2.24) is 4.98 Å². The number of hydrogen-bond acceptors (Lipinski definition) is 8. The van der Waals surface area contributed by atoms with Crippen molar-refractivity contribution >= 4 is 39.2 Å². The second-order valence-electron chi connectivity index (χ2n) is 10.6. The Morgan fingerprint density at radius 1 is 1.02 bits per heavy atom. The minimum atomic E-state index is -3.48. The molecule has 1 unspecified atom stereocenters. The fourth-order valence-corrected chi connectivity index (χ4v) is 7.07. The number of halogens is 1. The van der Waals surface area contributed by atoms with E-state index in [4.69, 9.17) is 26.1 Å². The number of nitrogens with zero attached hydrogens (tertiary/aromatic N) is 2. The first kappa shape index (κ1) is 34.2. The molecule has 0 N–H and O–H groups in total. The number of ether oxygens (including phenoxy) is 2. The summed E-state index contributed by atoms with van der Waals surface area (Å²) in [5, 5.41) is 11.1. The molecule has 1 atom stereocenters. The summed E-state index contributed by atoms with van der Waals surface area (Å²) in [4.78, 5) is 17.9. The Hall–Kier alpha value is -3.68. The third kappa shape index (κ3) is 10.4. The molecule has 0 aliphatic rings. The van der Waals surface area contributed by atoms with Gasteiger partial charge in [0.2, 0.25) is 0 Å². The summed E-state index contributed by atoms with van der Waals surface area (Å²) in [7, 11) is -3.48. The molecule has 4 aromatic rings. The molecule has 45 heavy (non-hydrogen) atoms. The average molecular weight is 663 g/mol. The van der Waals surface area contributed by atoms with Crippen molar-refractivity contribution in [2.24, 2.45) is 0 Å². The first-order valence-corrected chi connectivity index (χ1v) is 17.8. The van der Waals surface area contributed by atoms with E-state index in [1.54, 1.807) is 12.1 Å².